The zero-order valence-electron chi connectivity index (χ0n) is 11.3. The van der Waals surface area contributed by atoms with E-state index in [1.54, 1.807) is 0 Å². The first kappa shape index (κ1) is 12.8. The van der Waals surface area contributed by atoms with E-state index in [4.69, 9.17) is 5.11 Å². The van der Waals surface area contributed by atoms with Crippen molar-refractivity contribution in [3.05, 3.63) is 30.1 Å². The Labute approximate surface area is 117 Å². The number of hydrogen-bond acceptors (Lipinski definition) is 4. The number of benzene rings is 1. The standard InChI is InChI=1S/C15H17N3O2/c1-9-6-7-10(8-9)16-13-11-4-2-3-5-12(11)17-14(18-13)15(19)20/h2-5,9-10H,6-8H2,1H3,(H,19,20)(H,16,17,18). The molecule has 3 rings (SSSR count). The summed E-state index contributed by atoms with van der Waals surface area (Å²) in [5, 5.41) is 13.4. The number of anilines is 1. The summed E-state index contributed by atoms with van der Waals surface area (Å²) >= 11 is 0. The van der Waals surface area contributed by atoms with Crippen molar-refractivity contribution < 1.29 is 9.90 Å². The van der Waals surface area contributed by atoms with Crippen molar-refractivity contribution in [2.45, 2.75) is 32.2 Å². The quantitative estimate of drug-likeness (QED) is 0.897. The van der Waals surface area contributed by atoms with Crippen molar-refractivity contribution in [1.82, 2.24) is 9.97 Å². The molecule has 2 aromatic rings. The fourth-order valence-corrected chi connectivity index (χ4v) is 2.81. The number of rotatable bonds is 3. The average Bonchev–Trinajstić information content (AvgIpc) is 2.84. The number of para-hydroxylation sites is 1. The molecule has 0 amide bonds. The highest BCUT2D eigenvalue weighted by Crippen LogP contribution is 2.29. The van der Waals surface area contributed by atoms with Crippen LogP contribution in [0.2, 0.25) is 0 Å². The predicted octanol–water partition coefficient (Wildman–Crippen LogP) is 2.93. The second-order valence-corrected chi connectivity index (χ2v) is 5.48. The van der Waals surface area contributed by atoms with E-state index in [-0.39, 0.29) is 5.82 Å². The molecule has 1 heterocycles. The molecular formula is C15H17N3O2. The number of carboxylic acid groups (broad SMARTS) is 1. The van der Waals surface area contributed by atoms with Crippen LogP contribution in [-0.4, -0.2) is 27.1 Å². The lowest BCUT2D eigenvalue weighted by Crippen LogP contribution is -2.18. The highest BCUT2D eigenvalue weighted by Gasteiger charge is 2.22. The summed E-state index contributed by atoms with van der Waals surface area (Å²) in [6.45, 7) is 2.24. The molecule has 0 aliphatic heterocycles. The summed E-state index contributed by atoms with van der Waals surface area (Å²) in [6, 6.07) is 7.86. The first-order valence-electron chi connectivity index (χ1n) is 6.90. The highest BCUT2D eigenvalue weighted by molar-refractivity contribution is 5.93. The van der Waals surface area contributed by atoms with Crippen LogP contribution in [0.1, 0.15) is 36.8 Å². The molecule has 5 nitrogen and oxygen atoms in total. The molecule has 1 fully saturated rings. The molecule has 5 heteroatoms. The van der Waals surface area contributed by atoms with Crippen molar-refractivity contribution in [2.75, 3.05) is 5.32 Å². The molecule has 2 N–H and O–H groups in total. The molecule has 0 saturated heterocycles. The minimum Gasteiger partial charge on any atom is -0.475 e. The number of nitrogens with zero attached hydrogens (tertiary/aromatic N) is 2. The summed E-state index contributed by atoms with van der Waals surface area (Å²) in [4.78, 5) is 19.4. The van der Waals surface area contributed by atoms with Crippen LogP contribution in [0.5, 0.6) is 0 Å². The van der Waals surface area contributed by atoms with Crippen LogP contribution in [0.4, 0.5) is 5.82 Å². The van der Waals surface area contributed by atoms with Crippen LogP contribution in [0, 0.1) is 5.92 Å². The van der Waals surface area contributed by atoms with E-state index < -0.39 is 5.97 Å². The highest BCUT2D eigenvalue weighted by atomic mass is 16.4. The lowest BCUT2D eigenvalue weighted by molar-refractivity contribution is 0.0684. The van der Waals surface area contributed by atoms with Gasteiger partial charge in [0.2, 0.25) is 5.82 Å². The molecule has 104 valence electrons. The van der Waals surface area contributed by atoms with Gasteiger partial charge < -0.3 is 10.4 Å². The topological polar surface area (TPSA) is 75.1 Å². The van der Waals surface area contributed by atoms with Crippen molar-refractivity contribution in [1.29, 1.82) is 0 Å². The Kier molecular flexibility index (Phi) is 3.26. The normalized spacial score (nSPS) is 22.1. The Balaban J connectivity index is 2.01. The SMILES string of the molecule is CC1CCC(Nc2nc(C(=O)O)nc3ccccc23)C1. The number of carboxylic acids is 1. The van der Waals surface area contributed by atoms with Gasteiger partial charge in [0.1, 0.15) is 5.82 Å². The number of aromatic carboxylic acids is 1. The maximum atomic E-state index is 11.1. The van der Waals surface area contributed by atoms with E-state index in [0.717, 1.165) is 18.2 Å². The number of aromatic nitrogens is 2. The largest absolute Gasteiger partial charge is 0.475 e. The van der Waals surface area contributed by atoms with Gasteiger partial charge in [-0.2, -0.15) is 0 Å². The van der Waals surface area contributed by atoms with E-state index in [2.05, 4.69) is 22.2 Å². The summed E-state index contributed by atoms with van der Waals surface area (Å²) in [5.74, 6) is 0.0856. The van der Waals surface area contributed by atoms with Gasteiger partial charge in [-0.15, -0.1) is 0 Å². The third-order valence-electron chi connectivity index (χ3n) is 3.83. The van der Waals surface area contributed by atoms with Crippen LogP contribution >= 0.6 is 0 Å². The van der Waals surface area contributed by atoms with Crippen LogP contribution in [0.3, 0.4) is 0 Å². The second kappa shape index (κ2) is 5.07. The maximum Gasteiger partial charge on any atom is 0.374 e. The summed E-state index contributed by atoms with van der Waals surface area (Å²) in [7, 11) is 0. The molecule has 1 aromatic heterocycles. The van der Waals surface area contributed by atoms with Crippen LogP contribution < -0.4 is 5.32 Å². The van der Waals surface area contributed by atoms with E-state index in [1.807, 2.05) is 24.3 Å². The number of hydrogen-bond donors (Lipinski definition) is 2. The molecule has 2 atom stereocenters. The third-order valence-corrected chi connectivity index (χ3v) is 3.83. The summed E-state index contributed by atoms with van der Waals surface area (Å²) in [5.41, 5.74) is 0.661. The van der Waals surface area contributed by atoms with Gasteiger partial charge in [0.05, 0.1) is 5.52 Å². The summed E-state index contributed by atoms with van der Waals surface area (Å²) in [6.07, 6.45) is 3.40. The molecule has 1 aliphatic rings. The molecule has 2 unspecified atom stereocenters. The van der Waals surface area contributed by atoms with Crippen molar-refractivity contribution in [2.24, 2.45) is 5.92 Å². The number of fused-ring (bicyclic) bond motifs is 1. The van der Waals surface area contributed by atoms with Gasteiger partial charge in [0.25, 0.3) is 0 Å². The van der Waals surface area contributed by atoms with E-state index in [1.165, 1.54) is 6.42 Å². The monoisotopic (exact) mass is 271 g/mol. The third kappa shape index (κ3) is 2.43. The van der Waals surface area contributed by atoms with Crippen LogP contribution in [0.15, 0.2) is 24.3 Å². The Morgan fingerprint density at radius 1 is 1.30 bits per heavy atom. The molecule has 20 heavy (non-hydrogen) atoms. The molecule has 1 saturated carbocycles. The Morgan fingerprint density at radius 3 is 2.80 bits per heavy atom. The zero-order valence-corrected chi connectivity index (χ0v) is 11.3. The van der Waals surface area contributed by atoms with Crippen LogP contribution in [0.25, 0.3) is 10.9 Å². The fourth-order valence-electron chi connectivity index (χ4n) is 2.81. The first-order chi connectivity index (χ1) is 9.63. The fraction of sp³-hybridized carbons (Fsp3) is 0.400. The zero-order chi connectivity index (χ0) is 14.1. The Bertz CT molecular complexity index is 657. The van der Waals surface area contributed by atoms with Crippen LogP contribution in [-0.2, 0) is 0 Å². The lowest BCUT2D eigenvalue weighted by Gasteiger charge is -2.15. The maximum absolute atomic E-state index is 11.1. The summed E-state index contributed by atoms with van der Waals surface area (Å²) < 4.78 is 0. The lowest BCUT2D eigenvalue weighted by atomic mass is 10.1. The molecule has 0 spiro atoms. The molecule has 0 bridgehead atoms. The van der Waals surface area contributed by atoms with Gasteiger partial charge in [0.15, 0.2) is 0 Å². The van der Waals surface area contributed by atoms with Gasteiger partial charge in [-0.1, -0.05) is 19.1 Å². The molecule has 1 aliphatic carbocycles. The van der Waals surface area contributed by atoms with Gasteiger partial charge in [-0.25, -0.2) is 14.8 Å². The van der Waals surface area contributed by atoms with Crippen molar-refractivity contribution in [3.63, 3.8) is 0 Å². The Morgan fingerprint density at radius 2 is 2.10 bits per heavy atom. The minimum atomic E-state index is -1.10. The second-order valence-electron chi connectivity index (χ2n) is 5.48. The number of carbonyl (C=O) groups is 1. The first-order valence-corrected chi connectivity index (χ1v) is 6.90. The van der Waals surface area contributed by atoms with Crippen molar-refractivity contribution in [3.8, 4) is 0 Å². The average molecular weight is 271 g/mol. The van der Waals surface area contributed by atoms with E-state index in [0.29, 0.717) is 23.3 Å². The van der Waals surface area contributed by atoms with Crippen molar-refractivity contribution >= 4 is 22.7 Å². The molecular weight excluding hydrogens is 254 g/mol. The van der Waals surface area contributed by atoms with Gasteiger partial charge in [0, 0.05) is 11.4 Å². The molecule has 0 radical (unpaired) electrons. The number of nitrogens with one attached hydrogen (secondary N) is 1. The van der Waals surface area contributed by atoms with Gasteiger partial charge in [-0.3, -0.25) is 0 Å². The Hall–Kier alpha value is -2.17. The molecule has 1 aromatic carbocycles. The predicted molar refractivity (Wildman–Crippen MR) is 76.9 cm³/mol. The van der Waals surface area contributed by atoms with Gasteiger partial charge in [-0.05, 0) is 37.3 Å². The smallest absolute Gasteiger partial charge is 0.374 e. The van der Waals surface area contributed by atoms with E-state index >= 15 is 0 Å². The minimum absolute atomic E-state index is 0.155. The van der Waals surface area contributed by atoms with Gasteiger partial charge >= 0.3 is 5.97 Å². The van der Waals surface area contributed by atoms with E-state index in [9.17, 15) is 4.79 Å².